The summed E-state index contributed by atoms with van der Waals surface area (Å²) in [4.78, 5) is 46.2. The number of rotatable bonds is 8. The maximum absolute atomic E-state index is 14.3. The maximum Gasteiger partial charge on any atom is 0.255 e. The molecule has 3 aliphatic carbocycles. The monoisotopic (exact) mass is 646 g/mol. The van der Waals surface area contributed by atoms with Crippen LogP contribution in [0.5, 0.6) is 11.5 Å². The molecule has 5 aliphatic rings. The number of aromatic hydroxyl groups is 1. The number of phenolic OH excluding ortho intramolecular Hbond substituents is 1. The van der Waals surface area contributed by atoms with Crippen molar-refractivity contribution in [2.75, 3.05) is 53.4 Å². The molecule has 2 saturated heterocycles. The minimum absolute atomic E-state index is 0.0204. The SMILES string of the molecule is CN(C)[C@@H]1C(=O)C(C(N)=O)=C(O)[C@@]2(O)C(=O)C3=C(O)c4c(c(OCCN5CCCC5)c5ccc(CN6CCC6)cc5c4O)C[C@H]3C[C@@H]12. The smallest absolute Gasteiger partial charge is 0.255 e. The van der Waals surface area contributed by atoms with Crippen LogP contribution in [0.1, 0.15) is 42.4 Å². The van der Waals surface area contributed by atoms with Gasteiger partial charge in [-0.3, -0.25) is 29.1 Å². The summed E-state index contributed by atoms with van der Waals surface area (Å²) in [6.07, 6.45) is 3.62. The number of amides is 1. The number of ketones is 2. The van der Waals surface area contributed by atoms with Gasteiger partial charge in [0, 0.05) is 40.9 Å². The van der Waals surface area contributed by atoms with Gasteiger partial charge in [0.1, 0.15) is 35.2 Å². The van der Waals surface area contributed by atoms with Crippen molar-refractivity contribution in [1.29, 1.82) is 0 Å². The zero-order valence-corrected chi connectivity index (χ0v) is 26.8. The Morgan fingerprint density at radius 1 is 1.04 bits per heavy atom. The van der Waals surface area contributed by atoms with E-state index in [9.17, 15) is 34.8 Å². The molecule has 0 aromatic heterocycles. The van der Waals surface area contributed by atoms with Crippen LogP contribution in [0.25, 0.3) is 16.5 Å². The fourth-order valence-electron chi connectivity index (χ4n) is 8.47. The van der Waals surface area contributed by atoms with Gasteiger partial charge in [-0.05, 0) is 89.9 Å². The summed E-state index contributed by atoms with van der Waals surface area (Å²) in [7, 11) is 3.17. The molecule has 47 heavy (non-hydrogen) atoms. The van der Waals surface area contributed by atoms with Gasteiger partial charge in [-0.1, -0.05) is 12.1 Å². The Kier molecular flexibility index (Phi) is 7.82. The van der Waals surface area contributed by atoms with Crippen LogP contribution < -0.4 is 10.5 Å². The van der Waals surface area contributed by atoms with Crippen LogP contribution in [0, 0.1) is 11.8 Å². The highest BCUT2D eigenvalue weighted by Crippen LogP contribution is 2.55. The minimum Gasteiger partial charge on any atom is -0.508 e. The summed E-state index contributed by atoms with van der Waals surface area (Å²) < 4.78 is 6.51. The molecule has 1 saturated carbocycles. The quantitative estimate of drug-likeness (QED) is 0.264. The number of hydrogen-bond donors (Lipinski definition) is 5. The molecule has 7 rings (SSSR count). The third-order valence-electron chi connectivity index (χ3n) is 10.9. The van der Waals surface area contributed by atoms with E-state index in [-0.39, 0.29) is 29.7 Å². The summed E-state index contributed by atoms with van der Waals surface area (Å²) in [6, 6.07) is 4.70. The molecule has 0 unspecified atom stereocenters. The maximum atomic E-state index is 14.3. The van der Waals surface area contributed by atoms with E-state index in [1.54, 1.807) is 14.1 Å². The number of aliphatic hydroxyl groups excluding tert-OH is 2. The summed E-state index contributed by atoms with van der Waals surface area (Å²) in [5.41, 5.74) is 3.33. The number of likely N-dealkylation sites (tertiary alicyclic amines) is 2. The standard InChI is InChI=1S/C35H42N4O8/c1-37(2)27-23-16-19-15-22-25(29(41)24(19)32(43)35(23,46)33(44)26(30(27)42)34(36)45)28(40)21-14-18(17-39-10-5-11-39)6-7-20(21)31(22)47-13-12-38-8-3-4-9-38/h6-7,14,19,23,27,40-41,44,46H,3-5,8-13,15-17H2,1-2H3,(H2,36,45)/t19-,23-,27-,35-/m0/s1. The lowest BCUT2D eigenvalue weighted by Gasteiger charge is -2.50. The topological polar surface area (TPSA) is 177 Å². The van der Waals surface area contributed by atoms with Crippen LogP contribution in [0.15, 0.2) is 35.1 Å². The molecule has 2 aromatic carbocycles. The number of likely N-dealkylation sites (N-methyl/N-ethyl adjacent to an activating group) is 1. The number of fused-ring (bicyclic) bond motifs is 4. The molecule has 250 valence electrons. The number of nitrogens with zero attached hydrogens (tertiary/aromatic N) is 3. The molecule has 2 aromatic rings. The second kappa shape index (κ2) is 11.6. The van der Waals surface area contributed by atoms with Gasteiger partial charge < -0.3 is 30.9 Å². The van der Waals surface area contributed by atoms with Crippen molar-refractivity contribution in [3.63, 3.8) is 0 Å². The van der Waals surface area contributed by atoms with Gasteiger partial charge in [0.25, 0.3) is 5.91 Å². The lowest BCUT2D eigenvalue weighted by molar-refractivity contribution is -0.153. The molecule has 0 bridgehead atoms. The lowest BCUT2D eigenvalue weighted by atomic mass is 9.57. The number of hydrogen-bond acceptors (Lipinski definition) is 11. The number of benzene rings is 2. The number of carbonyl (C=O) groups excluding carboxylic acids is 3. The zero-order chi connectivity index (χ0) is 33.4. The van der Waals surface area contributed by atoms with Crippen molar-refractivity contribution in [3.05, 3.63) is 51.8 Å². The molecule has 0 radical (unpaired) electrons. The second-order valence-corrected chi connectivity index (χ2v) is 13.9. The fourth-order valence-corrected chi connectivity index (χ4v) is 8.47. The summed E-state index contributed by atoms with van der Waals surface area (Å²) in [6.45, 7) is 5.81. The first-order valence-corrected chi connectivity index (χ1v) is 16.5. The van der Waals surface area contributed by atoms with Crippen LogP contribution in [0.2, 0.25) is 0 Å². The Balaban J connectivity index is 1.38. The number of primary amides is 1. The first-order valence-electron chi connectivity index (χ1n) is 16.5. The molecule has 1 amide bonds. The lowest BCUT2D eigenvalue weighted by Crippen LogP contribution is -2.65. The molecule has 6 N–H and O–H groups in total. The van der Waals surface area contributed by atoms with E-state index in [0.29, 0.717) is 41.8 Å². The molecule has 2 heterocycles. The molecule has 0 spiro atoms. The highest BCUT2D eigenvalue weighted by Gasteiger charge is 2.64. The minimum atomic E-state index is -2.68. The van der Waals surface area contributed by atoms with Crippen molar-refractivity contribution in [2.24, 2.45) is 17.6 Å². The van der Waals surface area contributed by atoms with Gasteiger partial charge >= 0.3 is 0 Å². The van der Waals surface area contributed by atoms with Crippen molar-refractivity contribution in [2.45, 2.75) is 50.3 Å². The summed E-state index contributed by atoms with van der Waals surface area (Å²) in [5.74, 6) is -6.19. The molecule has 12 nitrogen and oxygen atoms in total. The van der Waals surface area contributed by atoms with E-state index < -0.39 is 58.0 Å². The van der Waals surface area contributed by atoms with Gasteiger partial charge in [0.15, 0.2) is 11.4 Å². The van der Waals surface area contributed by atoms with Crippen molar-refractivity contribution >= 4 is 34.0 Å². The number of carbonyl (C=O) groups is 3. The van der Waals surface area contributed by atoms with Gasteiger partial charge in [0.05, 0.1) is 11.6 Å². The fraction of sp³-hybridized carbons (Fsp3) is 0.514. The molecule has 3 fully saturated rings. The third kappa shape index (κ3) is 4.83. The van der Waals surface area contributed by atoms with E-state index in [0.717, 1.165) is 51.0 Å². The van der Waals surface area contributed by atoms with Crippen LogP contribution in [-0.4, -0.2) is 118 Å². The Labute approximate surface area is 272 Å². The highest BCUT2D eigenvalue weighted by atomic mass is 16.5. The Bertz CT molecular complexity index is 1760. The van der Waals surface area contributed by atoms with Crippen LogP contribution >= 0.6 is 0 Å². The summed E-state index contributed by atoms with van der Waals surface area (Å²) >= 11 is 0. The summed E-state index contributed by atoms with van der Waals surface area (Å²) in [5, 5.41) is 48.0. The Hall–Kier alpha value is -3.97. The molecular formula is C35H42N4O8. The first-order chi connectivity index (χ1) is 22.4. The number of aliphatic hydroxyl groups is 3. The van der Waals surface area contributed by atoms with E-state index in [1.807, 2.05) is 18.2 Å². The largest absolute Gasteiger partial charge is 0.508 e. The van der Waals surface area contributed by atoms with Crippen molar-refractivity contribution in [3.8, 4) is 11.5 Å². The molecular weight excluding hydrogens is 604 g/mol. The predicted molar refractivity (Wildman–Crippen MR) is 173 cm³/mol. The van der Waals surface area contributed by atoms with Crippen molar-refractivity contribution in [1.82, 2.24) is 14.7 Å². The number of ether oxygens (including phenoxy) is 1. The average Bonchev–Trinajstić information content (AvgIpc) is 3.52. The third-order valence-corrected chi connectivity index (χ3v) is 10.9. The number of phenols is 1. The highest BCUT2D eigenvalue weighted by molar-refractivity contribution is 6.24. The number of Topliss-reactive ketones (excluding diaryl/α,β-unsaturated/α-hetero) is 2. The molecule has 4 atom stereocenters. The van der Waals surface area contributed by atoms with Gasteiger partial charge in [-0.2, -0.15) is 0 Å². The van der Waals surface area contributed by atoms with Crippen LogP contribution in [0.3, 0.4) is 0 Å². The van der Waals surface area contributed by atoms with Gasteiger partial charge in [0.2, 0.25) is 5.78 Å². The predicted octanol–water partition coefficient (Wildman–Crippen LogP) is 1.80. The molecule has 2 aliphatic heterocycles. The Morgan fingerprint density at radius 3 is 2.38 bits per heavy atom. The average molecular weight is 647 g/mol. The second-order valence-electron chi connectivity index (χ2n) is 13.9. The normalized spacial score (nSPS) is 28.0. The Morgan fingerprint density at radius 2 is 1.74 bits per heavy atom. The van der Waals surface area contributed by atoms with E-state index in [4.69, 9.17) is 10.5 Å². The van der Waals surface area contributed by atoms with E-state index >= 15 is 0 Å². The van der Waals surface area contributed by atoms with Gasteiger partial charge in [-0.15, -0.1) is 0 Å². The van der Waals surface area contributed by atoms with E-state index in [1.165, 1.54) is 4.90 Å². The van der Waals surface area contributed by atoms with E-state index in [2.05, 4.69) is 9.80 Å². The molecule has 12 heteroatoms. The number of nitrogens with two attached hydrogens (primary N) is 1. The van der Waals surface area contributed by atoms with Crippen LogP contribution in [-0.2, 0) is 27.3 Å². The van der Waals surface area contributed by atoms with Gasteiger partial charge in [-0.25, -0.2) is 0 Å². The van der Waals surface area contributed by atoms with Crippen LogP contribution in [0.4, 0.5) is 0 Å². The van der Waals surface area contributed by atoms with Crippen molar-refractivity contribution < 1.29 is 39.5 Å². The zero-order valence-electron chi connectivity index (χ0n) is 26.8. The first kappa shape index (κ1) is 31.6.